The number of carboxylic acids is 2. The number of hydrogen-bond donors (Lipinski definition) is 2. The Morgan fingerprint density at radius 2 is 1.23 bits per heavy atom. The van der Waals surface area contributed by atoms with Gasteiger partial charge in [0.2, 0.25) is 4.84 Å². The average molecular weight is 292 g/mol. The lowest BCUT2D eigenvalue weighted by molar-refractivity contribution is -0.136. The monoisotopic (exact) mass is 290 g/mol. The van der Waals surface area contributed by atoms with Gasteiger partial charge in [0.05, 0.1) is 0 Å². The Bertz CT molecular complexity index is 185. The predicted octanol–water partition coefficient (Wildman–Crippen LogP) is 2.32. The van der Waals surface area contributed by atoms with Gasteiger partial charge in [0.25, 0.3) is 3.79 Å². The van der Waals surface area contributed by atoms with Crippen LogP contribution in [-0.4, -0.2) is 30.8 Å². The predicted molar refractivity (Wildman–Crippen MR) is 51.1 cm³/mol. The van der Waals surface area contributed by atoms with E-state index in [1.165, 1.54) is 0 Å². The first kappa shape index (κ1) is 15.8. The second kappa shape index (κ2) is 6.79. The summed E-state index contributed by atoms with van der Waals surface area (Å²) in [7, 11) is 0. The summed E-state index contributed by atoms with van der Waals surface area (Å²) in [4.78, 5) is 17.8. The van der Waals surface area contributed by atoms with E-state index < -0.39 is 20.6 Å². The minimum absolute atomic E-state index is 1.21. The minimum Gasteiger partial charge on any atom is -0.479 e. The Kier molecular flexibility index (Phi) is 8.27. The van der Waals surface area contributed by atoms with E-state index in [0.717, 1.165) is 0 Å². The van der Waals surface area contributed by atoms with Gasteiger partial charge in [0.15, 0.2) is 0 Å². The molecule has 13 heavy (non-hydrogen) atoms. The highest BCUT2D eigenvalue weighted by molar-refractivity contribution is 6.75. The fourth-order valence-electron chi connectivity index (χ4n) is 0. The average Bonchev–Trinajstić information content (AvgIpc) is 1.86. The van der Waals surface area contributed by atoms with Crippen molar-refractivity contribution in [1.82, 2.24) is 0 Å². The van der Waals surface area contributed by atoms with E-state index >= 15 is 0 Å². The molecule has 0 heterocycles. The third kappa shape index (κ3) is 12.4. The Balaban J connectivity index is 0. The van der Waals surface area contributed by atoms with Gasteiger partial charge in [-0.3, -0.25) is 0 Å². The normalized spacial score (nSPS) is 10.3. The van der Waals surface area contributed by atoms with Crippen LogP contribution in [0.1, 0.15) is 0 Å². The van der Waals surface area contributed by atoms with Crippen LogP contribution in [0.4, 0.5) is 0 Å². The highest BCUT2D eigenvalue weighted by Gasteiger charge is 2.29. The third-order valence-corrected chi connectivity index (χ3v) is 1.29. The molecule has 0 aromatic rings. The maximum atomic E-state index is 9.62. The van der Waals surface area contributed by atoms with E-state index in [0.29, 0.717) is 0 Å². The second-order valence-corrected chi connectivity index (χ2v) is 4.82. The van der Waals surface area contributed by atoms with E-state index in [1.54, 1.807) is 0 Å². The summed E-state index contributed by atoms with van der Waals surface area (Å²) in [6.45, 7) is 0. The molecule has 0 saturated heterocycles. The van der Waals surface area contributed by atoms with E-state index in [9.17, 15) is 9.59 Å². The molecule has 0 radical (unpaired) electrons. The standard InChI is InChI=1S/C2HCl3O2.C2H2Cl2O2/c3-2(4,5)1(6)7;3-1(4)2(5)6/h(H,6,7);1H,(H,5,6). The molecule has 4 nitrogen and oxygen atoms in total. The smallest absolute Gasteiger partial charge is 0.356 e. The van der Waals surface area contributed by atoms with Gasteiger partial charge in [-0.1, -0.05) is 58.0 Å². The van der Waals surface area contributed by atoms with Crippen molar-refractivity contribution in [3.05, 3.63) is 0 Å². The van der Waals surface area contributed by atoms with Crippen LogP contribution in [0.15, 0.2) is 0 Å². The second-order valence-electron chi connectivity index (χ2n) is 1.44. The Morgan fingerprint density at radius 3 is 1.23 bits per heavy atom. The molecule has 0 unspecified atom stereocenters. The van der Waals surface area contributed by atoms with Gasteiger partial charge >= 0.3 is 11.9 Å². The maximum absolute atomic E-state index is 9.62. The quantitative estimate of drug-likeness (QED) is 0.727. The summed E-state index contributed by atoms with van der Waals surface area (Å²) in [6, 6.07) is 0. The highest BCUT2D eigenvalue weighted by Crippen LogP contribution is 2.25. The zero-order valence-corrected chi connectivity index (χ0v) is 9.46. The molecule has 0 saturated carbocycles. The number of carbonyl (C=O) groups is 2. The van der Waals surface area contributed by atoms with E-state index in [1.807, 2.05) is 0 Å². The Hall–Kier alpha value is 0.390. The molecule has 0 aliphatic heterocycles. The van der Waals surface area contributed by atoms with Crippen molar-refractivity contribution < 1.29 is 19.8 Å². The summed E-state index contributed by atoms with van der Waals surface area (Å²) < 4.78 is -2.17. The van der Waals surface area contributed by atoms with Crippen molar-refractivity contribution in [3.8, 4) is 0 Å². The molecular formula is C4H3Cl5O4. The van der Waals surface area contributed by atoms with E-state index in [4.69, 9.17) is 68.2 Å². The molecule has 9 heteroatoms. The topological polar surface area (TPSA) is 74.6 Å². The van der Waals surface area contributed by atoms with Gasteiger partial charge in [-0.2, -0.15) is 0 Å². The van der Waals surface area contributed by atoms with Crippen LogP contribution in [0.25, 0.3) is 0 Å². The van der Waals surface area contributed by atoms with Gasteiger partial charge in [-0.15, -0.1) is 0 Å². The summed E-state index contributed by atoms with van der Waals surface area (Å²) in [5.41, 5.74) is 0. The van der Waals surface area contributed by atoms with Crippen molar-refractivity contribution in [2.24, 2.45) is 0 Å². The fourth-order valence-corrected chi connectivity index (χ4v) is 0. The first-order valence-electron chi connectivity index (χ1n) is 2.40. The van der Waals surface area contributed by atoms with Crippen molar-refractivity contribution in [1.29, 1.82) is 0 Å². The molecule has 0 amide bonds. The molecule has 2 N–H and O–H groups in total. The molecule has 0 bridgehead atoms. The minimum atomic E-state index is -2.17. The maximum Gasteiger partial charge on any atom is 0.356 e. The molecule has 0 fully saturated rings. The lowest BCUT2D eigenvalue weighted by Crippen LogP contribution is -2.16. The van der Waals surface area contributed by atoms with Crippen molar-refractivity contribution in [2.45, 2.75) is 8.63 Å². The summed E-state index contributed by atoms with van der Waals surface area (Å²) in [6.07, 6.45) is 0. The number of hydrogen-bond acceptors (Lipinski definition) is 2. The Morgan fingerprint density at radius 1 is 1.08 bits per heavy atom. The van der Waals surface area contributed by atoms with E-state index in [2.05, 4.69) is 0 Å². The summed E-state index contributed by atoms with van der Waals surface area (Å²) in [5, 5.41) is 15.6. The Labute approximate surface area is 98.3 Å². The van der Waals surface area contributed by atoms with Crippen molar-refractivity contribution in [3.63, 3.8) is 0 Å². The molecule has 0 aliphatic rings. The first-order valence-corrected chi connectivity index (χ1v) is 4.40. The van der Waals surface area contributed by atoms with Crippen LogP contribution < -0.4 is 0 Å². The number of halogens is 5. The van der Waals surface area contributed by atoms with Gasteiger partial charge in [-0.05, 0) is 0 Å². The van der Waals surface area contributed by atoms with Gasteiger partial charge in [0, 0.05) is 0 Å². The van der Waals surface area contributed by atoms with Gasteiger partial charge in [-0.25, -0.2) is 9.59 Å². The largest absolute Gasteiger partial charge is 0.479 e. The van der Waals surface area contributed by atoms with Gasteiger partial charge in [0.1, 0.15) is 0 Å². The zero-order valence-electron chi connectivity index (χ0n) is 5.68. The number of carboxylic acid groups (broad SMARTS) is 2. The summed E-state index contributed by atoms with van der Waals surface area (Å²) in [5.74, 6) is -2.67. The molecule has 0 rings (SSSR count). The lowest BCUT2D eigenvalue weighted by Gasteiger charge is -1.99. The zero-order chi connectivity index (χ0) is 11.2. The van der Waals surface area contributed by atoms with Crippen LogP contribution in [-0.2, 0) is 9.59 Å². The first-order chi connectivity index (χ1) is 5.59. The van der Waals surface area contributed by atoms with E-state index in [-0.39, 0.29) is 0 Å². The third-order valence-electron chi connectivity index (χ3n) is 0.429. The van der Waals surface area contributed by atoms with Gasteiger partial charge < -0.3 is 10.2 Å². The molecular weight excluding hydrogens is 289 g/mol. The molecule has 0 aromatic heterocycles. The molecule has 78 valence electrons. The van der Waals surface area contributed by atoms with Crippen molar-refractivity contribution in [2.75, 3.05) is 0 Å². The number of rotatable bonds is 1. The van der Waals surface area contributed by atoms with Crippen LogP contribution in [0, 0.1) is 0 Å². The fraction of sp³-hybridized carbons (Fsp3) is 0.500. The van der Waals surface area contributed by atoms with Crippen LogP contribution in [0.2, 0.25) is 0 Å². The highest BCUT2D eigenvalue weighted by atomic mass is 35.6. The number of alkyl halides is 5. The molecule has 0 spiro atoms. The number of aliphatic carboxylic acids is 2. The summed E-state index contributed by atoms with van der Waals surface area (Å²) >= 11 is 24.0. The lowest BCUT2D eigenvalue weighted by atomic mass is 10.8. The van der Waals surface area contributed by atoms with Crippen LogP contribution >= 0.6 is 58.0 Å². The SMILES string of the molecule is O=C(O)C(Cl)(Cl)Cl.O=C(O)C(Cl)Cl. The molecule has 0 aromatic carbocycles. The molecule has 0 atom stereocenters. The van der Waals surface area contributed by atoms with Crippen molar-refractivity contribution >= 4 is 69.9 Å². The van der Waals surface area contributed by atoms with Crippen LogP contribution in [0.3, 0.4) is 0 Å². The molecule has 0 aliphatic carbocycles. The van der Waals surface area contributed by atoms with Crippen LogP contribution in [0.5, 0.6) is 0 Å².